The summed E-state index contributed by atoms with van der Waals surface area (Å²) in [5.41, 5.74) is 4.14. The smallest absolute Gasteiger partial charge is 0.123 e. The summed E-state index contributed by atoms with van der Waals surface area (Å²) in [4.78, 5) is 4.59. The van der Waals surface area contributed by atoms with Crippen molar-refractivity contribution in [2.24, 2.45) is 0 Å². The highest BCUT2D eigenvalue weighted by atomic mass is 19.1. The summed E-state index contributed by atoms with van der Waals surface area (Å²) in [6.45, 7) is 1.93. The van der Waals surface area contributed by atoms with E-state index in [0.717, 1.165) is 28.1 Å². The van der Waals surface area contributed by atoms with Gasteiger partial charge in [0.1, 0.15) is 11.6 Å². The number of nitrogens with zero attached hydrogens (tertiary/aromatic N) is 1. The minimum absolute atomic E-state index is 0.257. The topological polar surface area (TPSA) is 12.9 Å². The van der Waals surface area contributed by atoms with Gasteiger partial charge in [-0.1, -0.05) is 18.2 Å². The number of hydrogen-bond acceptors (Lipinski definition) is 1. The Bertz CT molecular complexity index is 730. The summed E-state index contributed by atoms with van der Waals surface area (Å²) < 4.78 is 26.6. The molecule has 3 rings (SSSR count). The fourth-order valence-corrected chi connectivity index (χ4v) is 2.34. The van der Waals surface area contributed by atoms with Gasteiger partial charge in [-0.25, -0.2) is 8.78 Å². The van der Waals surface area contributed by atoms with Crippen molar-refractivity contribution < 1.29 is 8.78 Å². The first-order valence-electron chi connectivity index (χ1n) is 6.44. The number of benzene rings is 1. The van der Waals surface area contributed by atoms with Crippen molar-refractivity contribution in [3.8, 4) is 11.3 Å². The first-order chi connectivity index (χ1) is 9.63. The number of fused-ring (bicyclic) bond motifs is 1. The molecule has 100 valence electrons. The number of aromatic nitrogens is 1. The molecule has 0 saturated heterocycles. The molecule has 0 amide bonds. The molecule has 0 spiro atoms. The molecule has 0 radical (unpaired) electrons. The summed E-state index contributed by atoms with van der Waals surface area (Å²) in [7, 11) is 0. The van der Waals surface area contributed by atoms with Crippen molar-refractivity contribution in [1.82, 2.24) is 4.98 Å². The molecule has 0 fully saturated rings. The van der Waals surface area contributed by atoms with E-state index in [2.05, 4.69) is 4.98 Å². The Labute approximate surface area is 116 Å². The standard InChI is InChI=1S/C17H13F2N/c1-11-9-12-5-6-14(18)7-8-16(12)20-17(11)13-3-2-4-15(19)10-13/h2-7,9-10H,8H2,1H3. The average Bonchev–Trinajstić information content (AvgIpc) is 2.60. The van der Waals surface area contributed by atoms with Crippen LogP contribution in [0, 0.1) is 12.7 Å². The third-order valence-corrected chi connectivity index (χ3v) is 3.34. The van der Waals surface area contributed by atoms with E-state index >= 15 is 0 Å². The summed E-state index contributed by atoms with van der Waals surface area (Å²) in [6.07, 6.45) is 5.11. The lowest BCUT2D eigenvalue weighted by Gasteiger charge is -2.10. The van der Waals surface area contributed by atoms with Crippen LogP contribution in [0.15, 0.2) is 48.3 Å². The van der Waals surface area contributed by atoms with Crippen LogP contribution in [-0.4, -0.2) is 4.98 Å². The van der Waals surface area contributed by atoms with Crippen LogP contribution in [0.1, 0.15) is 16.8 Å². The summed E-state index contributed by atoms with van der Waals surface area (Å²) >= 11 is 0. The van der Waals surface area contributed by atoms with Crippen LogP contribution >= 0.6 is 0 Å². The Balaban J connectivity index is 2.13. The van der Waals surface area contributed by atoms with Crippen molar-refractivity contribution in [1.29, 1.82) is 0 Å². The van der Waals surface area contributed by atoms with Crippen molar-refractivity contribution in [2.75, 3.05) is 0 Å². The van der Waals surface area contributed by atoms with Crippen molar-refractivity contribution in [3.05, 3.63) is 70.9 Å². The molecule has 1 aromatic heterocycles. The molecular formula is C17H13F2N. The zero-order chi connectivity index (χ0) is 14.1. The predicted octanol–water partition coefficient (Wildman–Crippen LogP) is 4.62. The van der Waals surface area contributed by atoms with E-state index in [0.29, 0.717) is 6.42 Å². The van der Waals surface area contributed by atoms with Crippen LogP contribution in [0.3, 0.4) is 0 Å². The maximum Gasteiger partial charge on any atom is 0.123 e. The molecule has 0 bridgehead atoms. The Morgan fingerprint density at radius 3 is 2.75 bits per heavy atom. The summed E-state index contributed by atoms with van der Waals surface area (Å²) in [5.74, 6) is -0.544. The maximum absolute atomic E-state index is 13.3. The molecule has 0 unspecified atom stereocenters. The van der Waals surface area contributed by atoms with Gasteiger partial charge in [0.2, 0.25) is 0 Å². The fraction of sp³-hybridized carbons (Fsp3) is 0.118. The molecule has 0 N–H and O–H groups in total. The van der Waals surface area contributed by atoms with Crippen LogP contribution in [-0.2, 0) is 6.42 Å². The van der Waals surface area contributed by atoms with Gasteiger partial charge in [0.25, 0.3) is 0 Å². The second kappa shape index (κ2) is 5.00. The van der Waals surface area contributed by atoms with Gasteiger partial charge in [0.05, 0.1) is 11.4 Å². The van der Waals surface area contributed by atoms with Gasteiger partial charge < -0.3 is 0 Å². The first-order valence-corrected chi connectivity index (χ1v) is 6.44. The van der Waals surface area contributed by atoms with E-state index in [1.807, 2.05) is 19.1 Å². The molecule has 2 aromatic rings. The molecule has 0 atom stereocenters. The first kappa shape index (κ1) is 12.7. The normalized spacial score (nSPS) is 13.7. The lowest BCUT2D eigenvalue weighted by atomic mass is 10.0. The van der Waals surface area contributed by atoms with E-state index in [1.165, 1.54) is 24.3 Å². The third kappa shape index (κ3) is 2.39. The van der Waals surface area contributed by atoms with Crippen LogP contribution in [0.5, 0.6) is 0 Å². The van der Waals surface area contributed by atoms with Gasteiger partial charge in [-0.3, -0.25) is 4.98 Å². The van der Waals surface area contributed by atoms with Crippen LogP contribution in [0.4, 0.5) is 8.78 Å². The number of halogens is 2. The van der Waals surface area contributed by atoms with E-state index in [1.54, 1.807) is 12.1 Å². The highest BCUT2D eigenvalue weighted by molar-refractivity contribution is 5.67. The summed E-state index contributed by atoms with van der Waals surface area (Å²) in [6, 6.07) is 8.32. The van der Waals surface area contributed by atoms with Gasteiger partial charge in [0, 0.05) is 12.0 Å². The Hall–Kier alpha value is -2.29. The molecule has 1 aromatic carbocycles. The Morgan fingerprint density at radius 2 is 1.95 bits per heavy atom. The number of hydrogen-bond donors (Lipinski definition) is 0. The number of rotatable bonds is 1. The highest BCUT2D eigenvalue weighted by Crippen LogP contribution is 2.26. The van der Waals surface area contributed by atoms with Crippen LogP contribution in [0.2, 0.25) is 0 Å². The van der Waals surface area contributed by atoms with E-state index in [-0.39, 0.29) is 11.6 Å². The highest BCUT2D eigenvalue weighted by Gasteiger charge is 2.11. The Kier molecular flexibility index (Phi) is 3.18. The number of allylic oxidation sites excluding steroid dienone is 3. The van der Waals surface area contributed by atoms with Crippen LogP contribution in [0.25, 0.3) is 17.3 Å². The molecule has 1 aliphatic rings. The van der Waals surface area contributed by atoms with Gasteiger partial charge in [-0.05, 0) is 48.4 Å². The molecular weight excluding hydrogens is 256 g/mol. The average molecular weight is 269 g/mol. The molecule has 1 heterocycles. The van der Waals surface area contributed by atoms with Gasteiger partial charge in [0.15, 0.2) is 0 Å². The second-order valence-electron chi connectivity index (χ2n) is 4.83. The van der Waals surface area contributed by atoms with Crippen LogP contribution < -0.4 is 0 Å². The van der Waals surface area contributed by atoms with E-state index in [9.17, 15) is 8.78 Å². The van der Waals surface area contributed by atoms with Gasteiger partial charge >= 0.3 is 0 Å². The molecule has 1 aliphatic carbocycles. The second-order valence-corrected chi connectivity index (χ2v) is 4.83. The van der Waals surface area contributed by atoms with E-state index < -0.39 is 0 Å². The lowest BCUT2D eigenvalue weighted by molar-refractivity contribution is 0.628. The monoisotopic (exact) mass is 269 g/mol. The van der Waals surface area contributed by atoms with Crippen molar-refractivity contribution in [3.63, 3.8) is 0 Å². The van der Waals surface area contributed by atoms with Gasteiger partial charge in [-0.2, -0.15) is 0 Å². The van der Waals surface area contributed by atoms with Gasteiger partial charge in [-0.15, -0.1) is 0 Å². The maximum atomic E-state index is 13.3. The molecule has 0 aliphatic heterocycles. The minimum Gasteiger partial charge on any atom is -0.252 e. The predicted molar refractivity (Wildman–Crippen MR) is 76.3 cm³/mol. The zero-order valence-electron chi connectivity index (χ0n) is 11.0. The molecule has 20 heavy (non-hydrogen) atoms. The quantitative estimate of drug-likeness (QED) is 0.736. The van der Waals surface area contributed by atoms with Crippen molar-refractivity contribution >= 4 is 6.08 Å². The molecule has 0 saturated carbocycles. The third-order valence-electron chi connectivity index (χ3n) is 3.34. The largest absolute Gasteiger partial charge is 0.252 e. The number of aryl methyl sites for hydroxylation is 1. The Morgan fingerprint density at radius 1 is 1.10 bits per heavy atom. The van der Waals surface area contributed by atoms with E-state index in [4.69, 9.17) is 0 Å². The van der Waals surface area contributed by atoms with Crippen molar-refractivity contribution in [2.45, 2.75) is 13.3 Å². The molecule has 1 nitrogen and oxygen atoms in total. The lowest BCUT2D eigenvalue weighted by Crippen LogP contribution is -1.98. The fourth-order valence-electron chi connectivity index (χ4n) is 2.34. The SMILES string of the molecule is Cc1cc2c(nc1-c1cccc(F)c1)CC=C(F)C=C2. The minimum atomic E-state index is -0.288. The summed E-state index contributed by atoms with van der Waals surface area (Å²) in [5, 5.41) is 0. The molecule has 3 heteroatoms. The number of pyridine rings is 1. The zero-order valence-corrected chi connectivity index (χ0v) is 11.0.